The highest BCUT2D eigenvalue weighted by Crippen LogP contribution is 2.44. The molecule has 0 saturated carbocycles. The molecule has 33 heavy (non-hydrogen) atoms. The summed E-state index contributed by atoms with van der Waals surface area (Å²) in [7, 11) is 3.43. The number of fused-ring (bicyclic) bond motifs is 2. The van der Waals surface area contributed by atoms with E-state index in [9.17, 15) is 0 Å². The highest BCUT2D eigenvalue weighted by atomic mass is 32.1. The van der Waals surface area contributed by atoms with E-state index in [1.54, 1.807) is 25.6 Å². The van der Waals surface area contributed by atoms with E-state index >= 15 is 0 Å². The number of nitrogens with zero attached hydrogens (tertiary/aromatic N) is 4. The molecule has 4 aromatic rings. The van der Waals surface area contributed by atoms with Crippen molar-refractivity contribution in [3.63, 3.8) is 0 Å². The lowest BCUT2D eigenvalue weighted by molar-refractivity contribution is 0.183. The zero-order chi connectivity index (χ0) is 23.3. The maximum absolute atomic E-state index is 6.43. The van der Waals surface area contributed by atoms with E-state index in [0.29, 0.717) is 12.4 Å². The summed E-state index contributed by atoms with van der Waals surface area (Å²) in [6.45, 7) is 7.14. The van der Waals surface area contributed by atoms with E-state index < -0.39 is 0 Å². The van der Waals surface area contributed by atoms with Gasteiger partial charge in [0.2, 0.25) is 0 Å². The minimum atomic E-state index is -0.175. The fourth-order valence-corrected chi connectivity index (χ4v) is 6.12. The number of aromatic nitrogens is 3. The van der Waals surface area contributed by atoms with Crippen LogP contribution in [0.3, 0.4) is 0 Å². The monoisotopic (exact) mass is 466 g/mol. The van der Waals surface area contributed by atoms with Crippen molar-refractivity contribution in [2.75, 3.05) is 33.0 Å². The van der Waals surface area contributed by atoms with Gasteiger partial charge in [-0.25, -0.2) is 9.50 Å². The molecule has 1 unspecified atom stereocenters. The molecule has 1 atom stereocenters. The normalized spacial score (nSPS) is 19.2. The van der Waals surface area contributed by atoms with E-state index in [1.807, 2.05) is 4.52 Å². The van der Waals surface area contributed by atoms with Crippen molar-refractivity contribution < 1.29 is 9.47 Å². The largest absolute Gasteiger partial charge is 0.495 e. The Kier molecular flexibility index (Phi) is 5.52. The van der Waals surface area contributed by atoms with Crippen LogP contribution in [0.2, 0.25) is 0 Å². The molecule has 1 saturated heterocycles. The number of benzene rings is 1. The van der Waals surface area contributed by atoms with Crippen molar-refractivity contribution in [2.24, 2.45) is 5.73 Å². The van der Waals surface area contributed by atoms with Gasteiger partial charge in [-0.3, -0.25) is 4.90 Å². The number of hydrogen-bond donors (Lipinski definition) is 2. The van der Waals surface area contributed by atoms with E-state index in [1.165, 1.54) is 6.33 Å². The second kappa shape index (κ2) is 8.25. The highest BCUT2D eigenvalue weighted by molar-refractivity contribution is 7.22. The predicted molar refractivity (Wildman–Crippen MR) is 133 cm³/mol. The summed E-state index contributed by atoms with van der Waals surface area (Å²) in [4.78, 5) is 7.79. The Balaban J connectivity index is 1.74. The fourth-order valence-electron chi connectivity index (χ4n) is 4.92. The quantitative estimate of drug-likeness (QED) is 0.448. The maximum Gasteiger partial charge on any atom is 0.152 e. The SMILES string of the molecule is COCc1c(-c2cc3cc(C)cc(OC)c3s2)c2c(N)ncnn2c1CN1CCC(C)(N)C1. The topological polar surface area (TPSA) is 104 Å². The first-order valence-corrected chi connectivity index (χ1v) is 11.8. The molecule has 4 heterocycles. The molecule has 5 rings (SSSR count). The molecule has 1 aliphatic rings. The van der Waals surface area contributed by atoms with Crippen LogP contribution in [-0.2, 0) is 17.9 Å². The van der Waals surface area contributed by atoms with Crippen molar-refractivity contribution in [1.82, 2.24) is 19.5 Å². The van der Waals surface area contributed by atoms with E-state index in [-0.39, 0.29) is 5.54 Å². The first-order valence-electron chi connectivity index (χ1n) is 11.0. The van der Waals surface area contributed by atoms with Gasteiger partial charge in [0.05, 0.1) is 24.1 Å². The number of methoxy groups -OCH3 is 2. The Morgan fingerprint density at radius 1 is 1.24 bits per heavy atom. The number of anilines is 1. The molecule has 174 valence electrons. The van der Waals surface area contributed by atoms with Gasteiger partial charge in [-0.2, -0.15) is 5.10 Å². The van der Waals surface area contributed by atoms with Gasteiger partial charge in [-0.15, -0.1) is 11.3 Å². The van der Waals surface area contributed by atoms with Gasteiger partial charge >= 0.3 is 0 Å². The summed E-state index contributed by atoms with van der Waals surface area (Å²) in [5.41, 5.74) is 17.8. The average Bonchev–Trinajstić information content (AvgIpc) is 3.42. The lowest BCUT2D eigenvalue weighted by Gasteiger charge is -2.20. The first kappa shape index (κ1) is 22.1. The summed E-state index contributed by atoms with van der Waals surface area (Å²) >= 11 is 1.69. The molecular formula is C24H30N6O2S. The Morgan fingerprint density at radius 3 is 2.76 bits per heavy atom. The highest BCUT2D eigenvalue weighted by Gasteiger charge is 2.32. The molecule has 0 spiro atoms. The third-order valence-electron chi connectivity index (χ3n) is 6.40. The van der Waals surface area contributed by atoms with Gasteiger partial charge in [-0.05, 0) is 43.4 Å². The van der Waals surface area contributed by atoms with Crippen LogP contribution < -0.4 is 16.2 Å². The van der Waals surface area contributed by atoms with Crippen molar-refractivity contribution in [2.45, 2.75) is 39.0 Å². The minimum absolute atomic E-state index is 0.175. The van der Waals surface area contributed by atoms with Crippen LogP contribution in [0.25, 0.3) is 26.0 Å². The Hall–Kier alpha value is -2.72. The van der Waals surface area contributed by atoms with Crippen molar-refractivity contribution in [1.29, 1.82) is 0 Å². The molecule has 3 aromatic heterocycles. The van der Waals surface area contributed by atoms with E-state index in [0.717, 1.165) is 74.7 Å². The Bertz CT molecular complexity index is 1340. The molecule has 0 bridgehead atoms. The van der Waals surface area contributed by atoms with Crippen molar-refractivity contribution in [3.05, 3.63) is 41.3 Å². The van der Waals surface area contributed by atoms with Crippen LogP contribution in [0.15, 0.2) is 24.5 Å². The molecule has 1 aromatic carbocycles. The molecule has 1 aliphatic heterocycles. The molecule has 4 N–H and O–H groups in total. The molecule has 0 amide bonds. The van der Waals surface area contributed by atoms with E-state index in [4.69, 9.17) is 20.9 Å². The van der Waals surface area contributed by atoms with Crippen LogP contribution in [0.1, 0.15) is 30.2 Å². The van der Waals surface area contributed by atoms with Crippen molar-refractivity contribution >= 4 is 32.8 Å². The van der Waals surface area contributed by atoms with Crippen LogP contribution in [-0.4, -0.2) is 52.3 Å². The Labute approximate surface area is 197 Å². The maximum atomic E-state index is 6.43. The third-order valence-corrected chi connectivity index (χ3v) is 7.58. The lowest BCUT2D eigenvalue weighted by Crippen LogP contribution is -2.39. The number of thiophene rings is 1. The van der Waals surface area contributed by atoms with Crippen LogP contribution >= 0.6 is 11.3 Å². The summed E-state index contributed by atoms with van der Waals surface area (Å²) in [5.74, 6) is 1.33. The second-order valence-electron chi connectivity index (χ2n) is 9.25. The van der Waals surface area contributed by atoms with Gasteiger partial charge in [0.15, 0.2) is 5.82 Å². The van der Waals surface area contributed by atoms with Gasteiger partial charge < -0.3 is 20.9 Å². The van der Waals surface area contributed by atoms with Gasteiger partial charge in [-0.1, -0.05) is 6.07 Å². The third kappa shape index (κ3) is 3.85. The van der Waals surface area contributed by atoms with Crippen LogP contribution in [0.5, 0.6) is 5.75 Å². The number of aryl methyl sites for hydroxylation is 1. The minimum Gasteiger partial charge on any atom is -0.495 e. The summed E-state index contributed by atoms with van der Waals surface area (Å²) < 4.78 is 14.4. The summed E-state index contributed by atoms with van der Waals surface area (Å²) in [6, 6.07) is 6.45. The summed E-state index contributed by atoms with van der Waals surface area (Å²) in [5, 5.41) is 5.75. The number of rotatable bonds is 6. The molecule has 8 nitrogen and oxygen atoms in total. The smallest absolute Gasteiger partial charge is 0.152 e. The molecule has 0 aliphatic carbocycles. The van der Waals surface area contributed by atoms with Crippen LogP contribution in [0.4, 0.5) is 5.82 Å². The predicted octanol–water partition coefficient (Wildman–Crippen LogP) is 3.58. The molecule has 0 radical (unpaired) electrons. The molecule has 1 fully saturated rings. The second-order valence-corrected chi connectivity index (χ2v) is 10.3. The number of nitrogens with two attached hydrogens (primary N) is 2. The molecule has 9 heteroatoms. The van der Waals surface area contributed by atoms with Gasteiger partial charge in [0.1, 0.15) is 17.6 Å². The van der Waals surface area contributed by atoms with Gasteiger partial charge in [0.25, 0.3) is 0 Å². The average molecular weight is 467 g/mol. The fraction of sp³-hybridized carbons (Fsp3) is 0.417. The molecular weight excluding hydrogens is 436 g/mol. The number of hydrogen-bond acceptors (Lipinski definition) is 8. The lowest BCUT2D eigenvalue weighted by atomic mass is 10.0. The van der Waals surface area contributed by atoms with Gasteiger partial charge in [0, 0.05) is 48.3 Å². The number of ether oxygens (including phenoxy) is 2. The zero-order valence-corrected chi connectivity index (χ0v) is 20.3. The Morgan fingerprint density at radius 2 is 2.06 bits per heavy atom. The van der Waals surface area contributed by atoms with Crippen molar-refractivity contribution in [3.8, 4) is 16.2 Å². The summed E-state index contributed by atoms with van der Waals surface area (Å²) in [6.07, 6.45) is 2.48. The standard InChI is InChI=1S/C24H30N6O2S/c1-14-7-15-9-19(33-22(15)18(8-14)32-4)20-16(11-31-3)17(10-29-6-5-24(2,26)12-29)30-21(20)23(25)27-13-28-30/h7-9,13H,5-6,10-12,26H2,1-4H3,(H2,25,27,28). The van der Waals surface area contributed by atoms with E-state index in [2.05, 4.69) is 47.0 Å². The number of nitrogen functional groups attached to an aromatic ring is 1. The first-order chi connectivity index (χ1) is 15.8. The number of likely N-dealkylation sites (tertiary alicyclic amines) is 1. The zero-order valence-electron chi connectivity index (χ0n) is 19.5. The van der Waals surface area contributed by atoms with Crippen LogP contribution in [0, 0.1) is 6.92 Å².